The number of hydrogen-bond donors (Lipinski definition) is 2. The maximum absolute atomic E-state index is 12.7. The molecule has 1 aliphatic rings. The van der Waals surface area contributed by atoms with Crippen molar-refractivity contribution in [2.45, 2.75) is 45.8 Å². The summed E-state index contributed by atoms with van der Waals surface area (Å²) >= 11 is 0. The maximum Gasteiger partial charge on any atom is 0.280 e. The molecule has 2 rings (SSSR count). The minimum Gasteiger partial charge on any atom is -0.349 e. The van der Waals surface area contributed by atoms with E-state index in [4.69, 9.17) is 0 Å². The molecule has 0 spiro atoms. The average molecular weight is 318 g/mol. The van der Waals surface area contributed by atoms with Gasteiger partial charge in [0.15, 0.2) is 12.6 Å². The van der Waals surface area contributed by atoms with Crippen LogP contribution in [0.25, 0.3) is 0 Å². The Labute approximate surface area is 138 Å². The molecular weight excluding hydrogens is 290 g/mol. The lowest BCUT2D eigenvalue weighted by molar-refractivity contribution is -0.886. The topological polar surface area (TPSA) is 53.9 Å². The third-order valence-electron chi connectivity index (χ3n) is 4.44. The number of amides is 2. The first-order chi connectivity index (χ1) is 10.9. The molecule has 0 aliphatic carbocycles. The van der Waals surface area contributed by atoms with Gasteiger partial charge in [-0.1, -0.05) is 24.3 Å². The van der Waals surface area contributed by atoms with Gasteiger partial charge in [-0.3, -0.25) is 9.59 Å². The summed E-state index contributed by atoms with van der Waals surface area (Å²) < 4.78 is 0. The summed E-state index contributed by atoms with van der Waals surface area (Å²) in [6, 6.07) is 8.19. The first-order valence-corrected chi connectivity index (χ1v) is 8.35. The van der Waals surface area contributed by atoms with Crippen LogP contribution in [0.1, 0.15) is 31.9 Å². The Balaban J connectivity index is 1.93. The van der Waals surface area contributed by atoms with E-state index in [-0.39, 0.29) is 23.9 Å². The largest absolute Gasteiger partial charge is 0.349 e. The van der Waals surface area contributed by atoms with Crippen LogP contribution in [-0.2, 0) is 22.6 Å². The molecule has 1 heterocycles. The van der Waals surface area contributed by atoms with Crippen LogP contribution in [0.3, 0.4) is 0 Å². The summed E-state index contributed by atoms with van der Waals surface area (Å²) in [6.07, 6.45) is 0.904. The highest BCUT2D eigenvalue weighted by molar-refractivity contribution is 5.81. The van der Waals surface area contributed by atoms with Crippen molar-refractivity contribution < 1.29 is 14.5 Å². The van der Waals surface area contributed by atoms with Crippen molar-refractivity contribution >= 4 is 11.8 Å². The van der Waals surface area contributed by atoms with Crippen LogP contribution in [0.5, 0.6) is 0 Å². The number of carbonyl (C=O) groups excluding carboxylic acids is 2. The second-order valence-corrected chi connectivity index (χ2v) is 6.75. The lowest BCUT2D eigenvalue weighted by Crippen LogP contribution is -3.15. The smallest absolute Gasteiger partial charge is 0.280 e. The van der Waals surface area contributed by atoms with E-state index in [9.17, 15) is 9.59 Å². The van der Waals surface area contributed by atoms with E-state index in [0.29, 0.717) is 13.1 Å². The molecule has 5 heteroatoms. The first kappa shape index (κ1) is 17.5. The van der Waals surface area contributed by atoms with Crippen molar-refractivity contribution in [3.63, 3.8) is 0 Å². The molecule has 23 heavy (non-hydrogen) atoms. The van der Waals surface area contributed by atoms with Gasteiger partial charge in [0.05, 0.1) is 7.05 Å². The maximum atomic E-state index is 12.7. The molecular formula is C18H28N3O2+. The highest BCUT2D eigenvalue weighted by Crippen LogP contribution is 2.18. The van der Waals surface area contributed by atoms with Gasteiger partial charge in [0, 0.05) is 19.1 Å². The monoisotopic (exact) mass is 318 g/mol. The standard InChI is InChI=1S/C18H27N3O2/c1-13(2)19-17(22)12-20(4)14(3)18(23)21-10-9-15-7-5-6-8-16(15)11-21/h5-8,13-14H,9-12H2,1-4H3,(H,19,22)/p+1/t14-/m1/s1. The van der Waals surface area contributed by atoms with Crippen molar-refractivity contribution in [1.29, 1.82) is 0 Å². The van der Waals surface area contributed by atoms with E-state index in [1.807, 2.05) is 44.9 Å². The highest BCUT2D eigenvalue weighted by Gasteiger charge is 2.30. The SMILES string of the molecule is CC(C)NC(=O)C[NH+](C)[C@H](C)C(=O)N1CCc2ccccc2C1. The van der Waals surface area contributed by atoms with Crippen LogP contribution in [0.2, 0.25) is 0 Å². The number of benzene rings is 1. The van der Waals surface area contributed by atoms with E-state index in [0.717, 1.165) is 17.9 Å². The number of hydrogen-bond acceptors (Lipinski definition) is 2. The minimum absolute atomic E-state index is 0.0128. The molecule has 2 N–H and O–H groups in total. The summed E-state index contributed by atoms with van der Waals surface area (Å²) in [5.74, 6) is 0.107. The predicted octanol–water partition coefficient (Wildman–Crippen LogP) is -0.000900. The molecule has 5 nitrogen and oxygen atoms in total. The van der Waals surface area contributed by atoms with E-state index < -0.39 is 0 Å². The van der Waals surface area contributed by atoms with Crippen LogP contribution in [0, 0.1) is 0 Å². The normalized spacial score (nSPS) is 16.7. The van der Waals surface area contributed by atoms with Gasteiger partial charge in [-0.05, 0) is 38.3 Å². The van der Waals surface area contributed by atoms with Gasteiger partial charge in [0.2, 0.25) is 0 Å². The van der Waals surface area contributed by atoms with E-state index in [1.165, 1.54) is 11.1 Å². The van der Waals surface area contributed by atoms with E-state index >= 15 is 0 Å². The van der Waals surface area contributed by atoms with Crippen molar-refractivity contribution in [3.8, 4) is 0 Å². The third kappa shape index (κ3) is 4.55. The van der Waals surface area contributed by atoms with Crippen LogP contribution in [-0.4, -0.2) is 48.9 Å². The second kappa shape index (κ2) is 7.59. The van der Waals surface area contributed by atoms with Gasteiger partial charge >= 0.3 is 0 Å². The predicted molar refractivity (Wildman–Crippen MR) is 90.1 cm³/mol. The number of fused-ring (bicyclic) bond motifs is 1. The van der Waals surface area contributed by atoms with Crippen molar-refractivity contribution in [2.24, 2.45) is 0 Å². The van der Waals surface area contributed by atoms with Crippen LogP contribution < -0.4 is 10.2 Å². The fraction of sp³-hybridized carbons (Fsp3) is 0.556. The Hall–Kier alpha value is -1.88. The van der Waals surface area contributed by atoms with Crippen molar-refractivity contribution in [2.75, 3.05) is 20.1 Å². The van der Waals surface area contributed by atoms with E-state index in [2.05, 4.69) is 17.4 Å². The lowest BCUT2D eigenvalue weighted by atomic mass is 9.99. The Morgan fingerprint density at radius 2 is 1.87 bits per heavy atom. The summed E-state index contributed by atoms with van der Waals surface area (Å²) in [7, 11) is 1.90. The molecule has 0 aromatic heterocycles. The number of quaternary nitrogens is 1. The molecule has 2 amide bonds. The fourth-order valence-corrected chi connectivity index (χ4v) is 2.95. The fourth-order valence-electron chi connectivity index (χ4n) is 2.95. The van der Waals surface area contributed by atoms with Crippen LogP contribution in [0.4, 0.5) is 0 Å². The van der Waals surface area contributed by atoms with E-state index in [1.54, 1.807) is 0 Å². The van der Waals surface area contributed by atoms with Gasteiger partial charge in [0.25, 0.3) is 11.8 Å². The highest BCUT2D eigenvalue weighted by atomic mass is 16.2. The number of carbonyl (C=O) groups is 2. The van der Waals surface area contributed by atoms with Gasteiger partial charge in [-0.15, -0.1) is 0 Å². The summed E-state index contributed by atoms with van der Waals surface area (Å²) in [5, 5.41) is 2.88. The number of nitrogens with one attached hydrogen (secondary N) is 2. The Morgan fingerprint density at radius 1 is 1.22 bits per heavy atom. The summed E-state index contributed by atoms with van der Waals surface area (Å²) in [5.41, 5.74) is 2.57. The van der Waals surface area contributed by atoms with Crippen molar-refractivity contribution in [3.05, 3.63) is 35.4 Å². The zero-order valence-corrected chi connectivity index (χ0v) is 14.6. The molecule has 1 unspecified atom stereocenters. The molecule has 1 aromatic rings. The minimum atomic E-state index is -0.224. The molecule has 1 aromatic carbocycles. The van der Waals surface area contributed by atoms with Gasteiger partial charge < -0.3 is 15.1 Å². The zero-order chi connectivity index (χ0) is 17.0. The summed E-state index contributed by atoms with van der Waals surface area (Å²) in [4.78, 5) is 27.4. The van der Waals surface area contributed by atoms with Gasteiger partial charge in [-0.2, -0.15) is 0 Å². The van der Waals surface area contributed by atoms with Gasteiger partial charge in [-0.25, -0.2) is 0 Å². The molecule has 0 bridgehead atoms. The average Bonchev–Trinajstić information content (AvgIpc) is 2.52. The zero-order valence-electron chi connectivity index (χ0n) is 14.6. The first-order valence-electron chi connectivity index (χ1n) is 8.35. The number of nitrogens with zero attached hydrogens (tertiary/aromatic N) is 1. The third-order valence-corrected chi connectivity index (χ3v) is 4.44. The van der Waals surface area contributed by atoms with Crippen LogP contribution >= 0.6 is 0 Å². The Bertz CT molecular complexity index is 571. The quantitative estimate of drug-likeness (QED) is 0.803. The second-order valence-electron chi connectivity index (χ2n) is 6.75. The summed E-state index contributed by atoms with van der Waals surface area (Å²) in [6.45, 7) is 7.52. The molecule has 126 valence electrons. The number of rotatable bonds is 5. The lowest BCUT2D eigenvalue weighted by Gasteiger charge is -2.32. The van der Waals surface area contributed by atoms with Crippen LogP contribution in [0.15, 0.2) is 24.3 Å². The molecule has 0 fully saturated rings. The Morgan fingerprint density at radius 3 is 2.52 bits per heavy atom. The molecule has 0 saturated heterocycles. The molecule has 0 saturated carbocycles. The Kier molecular flexibility index (Phi) is 5.77. The van der Waals surface area contributed by atoms with Crippen molar-refractivity contribution in [1.82, 2.24) is 10.2 Å². The molecule has 1 aliphatic heterocycles. The molecule has 0 radical (unpaired) electrons. The molecule has 2 atom stereocenters. The van der Waals surface area contributed by atoms with Gasteiger partial charge in [0.1, 0.15) is 0 Å². The number of likely N-dealkylation sites (N-methyl/N-ethyl adjacent to an activating group) is 1.